The quantitative estimate of drug-likeness (QED) is 0.186. The Morgan fingerprint density at radius 2 is 1.80 bits per heavy atom. The molecule has 1 aliphatic rings. The summed E-state index contributed by atoms with van der Waals surface area (Å²) in [5.41, 5.74) is 3.88. The van der Waals surface area contributed by atoms with Gasteiger partial charge in [-0.3, -0.25) is 24.0 Å². The highest BCUT2D eigenvalue weighted by Gasteiger charge is 2.33. The maximum absolute atomic E-state index is 14.5. The van der Waals surface area contributed by atoms with E-state index < -0.39 is 24.0 Å². The van der Waals surface area contributed by atoms with Crippen molar-refractivity contribution in [1.82, 2.24) is 40.2 Å². The maximum Gasteiger partial charge on any atom is 0.231 e. The minimum atomic E-state index is -0.884. The molecule has 2 amide bonds. The summed E-state index contributed by atoms with van der Waals surface area (Å²) in [6, 6.07) is 7.11. The summed E-state index contributed by atoms with van der Waals surface area (Å²) >= 11 is 0. The molecule has 46 heavy (non-hydrogen) atoms. The second-order valence-electron chi connectivity index (χ2n) is 12.6. The number of carbonyl (C=O) groups is 2. The van der Waals surface area contributed by atoms with Crippen LogP contribution in [0.2, 0.25) is 0 Å². The lowest BCUT2D eigenvalue weighted by atomic mass is 9.82. The van der Waals surface area contributed by atoms with Crippen molar-refractivity contribution in [2.75, 3.05) is 7.05 Å². The van der Waals surface area contributed by atoms with Crippen LogP contribution in [0.25, 0.3) is 16.9 Å². The van der Waals surface area contributed by atoms with E-state index in [1.807, 2.05) is 34.9 Å². The molecule has 0 spiro atoms. The summed E-state index contributed by atoms with van der Waals surface area (Å²) in [6.07, 6.45) is 16.4. The number of aryl methyl sites for hydroxylation is 1. The largest absolute Gasteiger partial charge is 0.391 e. The van der Waals surface area contributed by atoms with Gasteiger partial charge in [0, 0.05) is 49.5 Å². The average Bonchev–Trinajstić information content (AvgIpc) is 3.51. The van der Waals surface area contributed by atoms with Crippen molar-refractivity contribution < 1.29 is 14.7 Å². The van der Waals surface area contributed by atoms with E-state index in [0.29, 0.717) is 36.7 Å². The number of pyridine rings is 2. The molecular formula is C35H46N8O3. The molecule has 1 saturated carbocycles. The topological polar surface area (TPSA) is 147 Å². The monoisotopic (exact) mass is 626 g/mol. The summed E-state index contributed by atoms with van der Waals surface area (Å²) in [5, 5.41) is 26.5. The van der Waals surface area contributed by atoms with E-state index in [4.69, 9.17) is 4.98 Å². The van der Waals surface area contributed by atoms with Gasteiger partial charge < -0.3 is 15.7 Å². The zero-order chi connectivity index (χ0) is 32.5. The highest BCUT2D eigenvalue weighted by molar-refractivity contribution is 5.84. The Kier molecular flexibility index (Phi) is 11.4. The minimum absolute atomic E-state index is 0.132. The third-order valence-corrected chi connectivity index (χ3v) is 9.12. The predicted octanol–water partition coefficient (Wildman–Crippen LogP) is 4.45. The Morgan fingerprint density at radius 3 is 2.48 bits per heavy atom. The summed E-state index contributed by atoms with van der Waals surface area (Å²) in [6.45, 7) is 3.89. The number of hydrogen-bond donors (Lipinski definition) is 3. The second kappa shape index (κ2) is 15.8. The molecule has 3 N–H and O–H groups in total. The van der Waals surface area contributed by atoms with Gasteiger partial charge in [-0.15, -0.1) is 10.2 Å². The molecule has 5 rings (SSSR count). The van der Waals surface area contributed by atoms with Crippen molar-refractivity contribution in [3.8, 4) is 11.3 Å². The van der Waals surface area contributed by atoms with Gasteiger partial charge in [0.2, 0.25) is 11.8 Å². The first-order valence-corrected chi connectivity index (χ1v) is 16.6. The van der Waals surface area contributed by atoms with Crippen LogP contribution in [0.15, 0.2) is 55.2 Å². The molecule has 0 saturated heterocycles. The fourth-order valence-electron chi connectivity index (χ4n) is 6.58. The molecule has 1 aliphatic carbocycles. The molecule has 4 atom stereocenters. The van der Waals surface area contributed by atoms with Gasteiger partial charge in [0.1, 0.15) is 11.7 Å². The molecule has 244 valence electrons. The van der Waals surface area contributed by atoms with E-state index in [1.54, 1.807) is 38.8 Å². The summed E-state index contributed by atoms with van der Waals surface area (Å²) in [7, 11) is 1.60. The number of carbonyl (C=O) groups excluding carboxylic acids is 2. The lowest BCUT2D eigenvalue weighted by Crippen LogP contribution is -2.48. The number of hydrogen-bond acceptors (Lipinski definition) is 8. The van der Waals surface area contributed by atoms with Crippen molar-refractivity contribution in [3.05, 3.63) is 72.3 Å². The van der Waals surface area contributed by atoms with Gasteiger partial charge in [-0.25, -0.2) is 4.98 Å². The first-order valence-electron chi connectivity index (χ1n) is 16.6. The van der Waals surface area contributed by atoms with Gasteiger partial charge in [0.25, 0.3) is 0 Å². The smallest absolute Gasteiger partial charge is 0.231 e. The van der Waals surface area contributed by atoms with Crippen LogP contribution in [-0.4, -0.2) is 65.7 Å². The van der Waals surface area contributed by atoms with Crippen LogP contribution in [0, 0.1) is 11.8 Å². The van der Waals surface area contributed by atoms with Crippen LogP contribution < -0.4 is 10.6 Å². The molecule has 1 fully saturated rings. The summed E-state index contributed by atoms with van der Waals surface area (Å²) < 4.78 is 1.89. The van der Waals surface area contributed by atoms with Crippen LogP contribution in [0.1, 0.15) is 88.2 Å². The standard InChI is InChI=1S/C35H46N8O3/c1-4-10-28-33-42-41-32(43(33)22-30(39-28)26-14-9-16-38-21-26)27(18-25-13-8-15-37-20-25)35(46)40-29(19-24-11-6-5-7-12-24)31(44)17-23(2)34(45)36-3/h8-9,13-16,20-24,27,29,31,44H,4-7,10-12,17-19H2,1-3H3,(H,36,45)(H,40,46)/t23-,27-,29-,31-/m0/s1. The lowest BCUT2D eigenvalue weighted by Gasteiger charge is -2.32. The Labute approximate surface area is 270 Å². The third-order valence-electron chi connectivity index (χ3n) is 9.12. The number of nitrogens with zero attached hydrogens (tertiary/aromatic N) is 6. The van der Waals surface area contributed by atoms with Crippen LogP contribution in [0.3, 0.4) is 0 Å². The zero-order valence-corrected chi connectivity index (χ0v) is 27.1. The SMILES string of the molecule is CCCc1nc(-c2cccnc2)cn2c([C@H](Cc3cccnc3)C(=O)N[C@@H](CC3CCCCC3)[C@@H](O)C[C@H](C)C(=O)NC)nnc12. The highest BCUT2D eigenvalue weighted by Crippen LogP contribution is 2.30. The Morgan fingerprint density at radius 1 is 1.04 bits per heavy atom. The molecular weight excluding hydrogens is 580 g/mol. The van der Waals surface area contributed by atoms with E-state index >= 15 is 0 Å². The normalized spacial score (nSPS) is 16.4. The second-order valence-corrected chi connectivity index (χ2v) is 12.6. The number of aromatic nitrogens is 6. The van der Waals surface area contributed by atoms with Crippen molar-refractivity contribution >= 4 is 17.5 Å². The number of nitrogens with one attached hydrogen (secondary N) is 2. The van der Waals surface area contributed by atoms with E-state index in [1.165, 1.54) is 6.42 Å². The molecule has 0 radical (unpaired) electrons. The molecule has 11 nitrogen and oxygen atoms in total. The number of aliphatic hydroxyl groups excluding tert-OH is 1. The predicted molar refractivity (Wildman–Crippen MR) is 176 cm³/mol. The third kappa shape index (κ3) is 8.12. The molecule has 0 unspecified atom stereocenters. The first-order chi connectivity index (χ1) is 22.4. The van der Waals surface area contributed by atoms with Crippen molar-refractivity contribution in [3.63, 3.8) is 0 Å². The van der Waals surface area contributed by atoms with Crippen LogP contribution in [0.4, 0.5) is 0 Å². The molecule has 4 aromatic rings. The molecule has 11 heteroatoms. The van der Waals surface area contributed by atoms with Crippen molar-refractivity contribution in [1.29, 1.82) is 0 Å². The molecule has 0 aliphatic heterocycles. The average molecular weight is 627 g/mol. The van der Waals surface area contributed by atoms with Gasteiger partial charge in [-0.2, -0.15) is 0 Å². The van der Waals surface area contributed by atoms with E-state index in [-0.39, 0.29) is 18.2 Å². The minimum Gasteiger partial charge on any atom is -0.391 e. The lowest BCUT2D eigenvalue weighted by molar-refractivity contribution is -0.125. The molecule has 0 bridgehead atoms. The highest BCUT2D eigenvalue weighted by atomic mass is 16.3. The van der Waals surface area contributed by atoms with E-state index in [9.17, 15) is 14.7 Å². The van der Waals surface area contributed by atoms with Gasteiger partial charge in [-0.1, -0.05) is 58.4 Å². The van der Waals surface area contributed by atoms with Crippen LogP contribution in [0.5, 0.6) is 0 Å². The van der Waals surface area contributed by atoms with Gasteiger partial charge in [-0.05, 0) is 55.4 Å². The molecule has 4 heterocycles. The maximum atomic E-state index is 14.5. The Bertz CT molecular complexity index is 1570. The van der Waals surface area contributed by atoms with Gasteiger partial charge in [0.05, 0.1) is 23.5 Å². The van der Waals surface area contributed by atoms with Gasteiger partial charge >= 0.3 is 0 Å². The Hall–Kier alpha value is -4.25. The molecule has 0 aromatic carbocycles. The summed E-state index contributed by atoms with van der Waals surface area (Å²) in [4.78, 5) is 40.3. The van der Waals surface area contributed by atoms with Crippen molar-refractivity contribution in [2.45, 2.75) is 96.1 Å². The van der Waals surface area contributed by atoms with Crippen molar-refractivity contribution in [2.24, 2.45) is 11.8 Å². The van der Waals surface area contributed by atoms with Crippen LogP contribution >= 0.6 is 0 Å². The number of rotatable bonds is 14. The first kappa shape index (κ1) is 33.1. The van der Waals surface area contributed by atoms with E-state index in [2.05, 4.69) is 37.7 Å². The van der Waals surface area contributed by atoms with Crippen LogP contribution in [-0.2, 0) is 22.4 Å². The number of aliphatic hydroxyl groups is 1. The molecule has 4 aromatic heterocycles. The van der Waals surface area contributed by atoms with E-state index in [0.717, 1.165) is 54.6 Å². The summed E-state index contributed by atoms with van der Waals surface area (Å²) in [5.74, 6) is -0.609. The van der Waals surface area contributed by atoms with Gasteiger partial charge in [0.15, 0.2) is 5.65 Å². The number of fused-ring (bicyclic) bond motifs is 1. The fourth-order valence-corrected chi connectivity index (χ4v) is 6.58. The Balaban J connectivity index is 1.52. The fraction of sp³-hybridized carbons (Fsp3) is 0.514. The zero-order valence-electron chi connectivity index (χ0n) is 27.1. The number of amides is 2.